The van der Waals surface area contributed by atoms with Crippen LogP contribution in [0.2, 0.25) is 0 Å². The van der Waals surface area contributed by atoms with Gasteiger partial charge in [0.25, 0.3) is 5.91 Å². The summed E-state index contributed by atoms with van der Waals surface area (Å²) in [4.78, 5) is 14.0. The SMILES string of the molecule is C[C@H]([NH2+][C@H](C)c1ccccc1)C(=O)Nc1sc2c(c1C#N)CCCCC2. The first-order valence-electron chi connectivity index (χ1n) is 9.35. The van der Waals surface area contributed by atoms with E-state index in [2.05, 4.69) is 35.8 Å². The molecule has 2 atom stereocenters. The monoisotopic (exact) mass is 368 g/mol. The number of rotatable bonds is 5. The van der Waals surface area contributed by atoms with E-state index in [-0.39, 0.29) is 18.0 Å². The van der Waals surface area contributed by atoms with Crippen LogP contribution in [0.25, 0.3) is 0 Å². The average molecular weight is 369 g/mol. The Labute approximate surface area is 159 Å². The molecule has 0 aliphatic heterocycles. The molecule has 136 valence electrons. The molecule has 4 nitrogen and oxygen atoms in total. The lowest BCUT2D eigenvalue weighted by Crippen LogP contribution is -2.91. The van der Waals surface area contributed by atoms with E-state index >= 15 is 0 Å². The van der Waals surface area contributed by atoms with Crippen molar-refractivity contribution < 1.29 is 10.1 Å². The van der Waals surface area contributed by atoms with Gasteiger partial charge in [0.15, 0.2) is 6.04 Å². The zero-order valence-electron chi connectivity index (χ0n) is 15.4. The zero-order chi connectivity index (χ0) is 18.5. The topological polar surface area (TPSA) is 69.5 Å². The molecule has 0 saturated carbocycles. The van der Waals surface area contributed by atoms with Crippen LogP contribution in [0.1, 0.15) is 60.7 Å². The van der Waals surface area contributed by atoms with Crippen LogP contribution >= 0.6 is 11.3 Å². The first-order chi connectivity index (χ1) is 12.6. The van der Waals surface area contributed by atoms with E-state index in [1.54, 1.807) is 11.3 Å². The predicted molar refractivity (Wildman–Crippen MR) is 105 cm³/mol. The van der Waals surface area contributed by atoms with E-state index in [1.807, 2.05) is 25.1 Å². The summed E-state index contributed by atoms with van der Waals surface area (Å²) in [6.45, 7) is 4.02. The number of anilines is 1. The van der Waals surface area contributed by atoms with Crippen molar-refractivity contribution in [1.29, 1.82) is 5.26 Å². The normalized spacial score (nSPS) is 16.0. The van der Waals surface area contributed by atoms with E-state index in [4.69, 9.17) is 0 Å². The van der Waals surface area contributed by atoms with Crippen LogP contribution in [-0.2, 0) is 17.6 Å². The Morgan fingerprint density at radius 1 is 1.19 bits per heavy atom. The van der Waals surface area contributed by atoms with Crippen molar-refractivity contribution in [3.63, 3.8) is 0 Å². The molecule has 1 heterocycles. The highest BCUT2D eigenvalue weighted by Crippen LogP contribution is 2.36. The Hall–Kier alpha value is -2.16. The van der Waals surface area contributed by atoms with Gasteiger partial charge < -0.3 is 10.6 Å². The van der Waals surface area contributed by atoms with E-state index < -0.39 is 0 Å². The second-order valence-corrected chi connectivity index (χ2v) is 8.16. The Morgan fingerprint density at radius 3 is 2.65 bits per heavy atom. The number of fused-ring (bicyclic) bond motifs is 1. The van der Waals surface area contributed by atoms with Crippen molar-refractivity contribution >= 4 is 22.2 Å². The van der Waals surface area contributed by atoms with Crippen LogP contribution in [0.15, 0.2) is 30.3 Å². The van der Waals surface area contributed by atoms with Crippen molar-refractivity contribution in [1.82, 2.24) is 0 Å². The Morgan fingerprint density at radius 2 is 1.92 bits per heavy atom. The van der Waals surface area contributed by atoms with Crippen molar-refractivity contribution in [2.75, 3.05) is 5.32 Å². The highest BCUT2D eigenvalue weighted by atomic mass is 32.1. The molecule has 0 unspecified atom stereocenters. The molecular formula is C21H26N3OS+. The quantitative estimate of drug-likeness (QED) is 0.793. The fourth-order valence-electron chi connectivity index (χ4n) is 3.56. The molecule has 0 spiro atoms. The summed E-state index contributed by atoms with van der Waals surface area (Å²) in [5, 5.41) is 15.4. The summed E-state index contributed by atoms with van der Waals surface area (Å²) in [6.07, 6.45) is 5.50. The molecule has 1 aliphatic carbocycles. The number of amides is 1. The Kier molecular flexibility index (Phi) is 6.08. The second kappa shape index (κ2) is 8.48. The van der Waals surface area contributed by atoms with Crippen LogP contribution < -0.4 is 10.6 Å². The van der Waals surface area contributed by atoms with Gasteiger partial charge in [0.05, 0.1) is 5.56 Å². The molecule has 1 aliphatic rings. The van der Waals surface area contributed by atoms with Gasteiger partial charge in [-0.15, -0.1) is 11.3 Å². The van der Waals surface area contributed by atoms with Gasteiger partial charge in [-0.2, -0.15) is 5.26 Å². The summed E-state index contributed by atoms with van der Waals surface area (Å²) in [5.41, 5.74) is 3.05. The summed E-state index contributed by atoms with van der Waals surface area (Å²) in [5.74, 6) is -0.0410. The van der Waals surface area contributed by atoms with Crippen LogP contribution in [0.4, 0.5) is 5.00 Å². The van der Waals surface area contributed by atoms with Gasteiger partial charge in [0, 0.05) is 10.4 Å². The Bertz CT molecular complexity index is 807. The molecule has 1 aromatic heterocycles. The maximum absolute atomic E-state index is 12.7. The number of nitrogens with one attached hydrogen (secondary N) is 1. The van der Waals surface area contributed by atoms with Crippen LogP contribution in [0.3, 0.4) is 0 Å². The van der Waals surface area contributed by atoms with Gasteiger partial charge in [-0.25, -0.2) is 0 Å². The molecule has 1 aromatic carbocycles. The molecule has 3 N–H and O–H groups in total. The van der Waals surface area contributed by atoms with E-state index in [0.29, 0.717) is 5.56 Å². The fourth-order valence-corrected chi connectivity index (χ4v) is 4.81. The third kappa shape index (κ3) is 4.14. The van der Waals surface area contributed by atoms with Gasteiger partial charge in [-0.05, 0) is 45.1 Å². The average Bonchev–Trinajstić information content (AvgIpc) is 2.81. The van der Waals surface area contributed by atoms with E-state index in [9.17, 15) is 10.1 Å². The molecule has 0 saturated heterocycles. The Balaban J connectivity index is 1.69. The number of benzene rings is 1. The summed E-state index contributed by atoms with van der Waals surface area (Å²) in [6, 6.07) is 12.5. The number of carbonyl (C=O) groups is 1. The molecule has 1 amide bonds. The highest BCUT2D eigenvalue weighted by molar-refractivity contribution is 7.16. The predicted octanol–water partition coefficient (Wildman–Crippen LogP) is 3.54. The molecule has 3 rings (SSSR count). The van der Waals surface area contributed by atoms with E-state index in [0.717, 1.165) is 24.3 Å². The molecule has 0 fully saturated rings. The largest absolute Gasteiger partial charge is 0.330 e. The zero-order valence-corrected chi connectivity index (χ0v) is 16.2. The number of nitrogens with two attached hydrogens (primary N) is 1. The number of hydrogen-bond donors (Lipinski definition) is 2. The minimum atomic E-state index is -0.223. The highest BCUT2D eigenvalue weighted by Gasteiger charge is 2.25. The van der Waals surface area contributed by atoms with Crippen molar-refractivity contribution in [3.8, 4) is 6.07 Å². The van der Waals surface area contributed by atoms with Crippen molar-refractivity contribution in [3.05, 3.63) is 51.9 Å². The molecular weight excluding hydrogens is 342 g/mol. The molecule has 0 radical (unpaired) electrons. The lowest BCUT2D eigenvalue weighted by molar-refractivity contribution is -0.709. The lowest BCUT2D eigenvalue weighted by atomic mass is 10.1. The second-order valence-electron chi connectivity index (χ2n) is 7.05. The number of thiophene rings is 1. The number of hydrogen-bond acceptors (Lipinski definition) is 3. The molecule has 2 aromatic rings. The lowest BCUT2D eigenvalue weighted by Gasteiger charge is -2.16. The molecule has 26 heavy (non-hydrogen) atoms. The van der Waals surface area contributed by atoms with Gasteiger partial charge in [0.2, 0.25) is 0 Å². The van der Waals surface area contributed by atoms with Crippen LogP contribution in [0, 0.1) is 11.3 Å². The van der Waals surface area contributed by atoms with Crippen LogP contribution in [-0.4, -0.2) is 11.9 Å². The first-order valence-corrected chi connectivity index (χ1v) is 10.2. The number of aryl methyl sites for hydroxylation is 1. The number of nitrogens with zero attached hydrogens (tertiary/aromatic N) is 1. The van der Waals surface area contributed by atoms with Crippen molar-refractivity contribution in [2.45, 2.75) is 58.0 Å². The van der Waals surface area contributed by atoms with Gasteiger partial charge in [0.1, 0.15) is 17.1 Å². The smallest absolute Gasteiger partial charge is 0.282 e. The van der Waals surface area contributed by atoms with Crippen LogP contribution in [0.5, 0.6) is 0 Å². The summed E-state index contributed by atoms with van der Waals surface area (Å²) >= 11 is 1.59. The van der Waals surface area contributed by atoms with E-state index in [1.165, 1.54) is 28.8 Å². The van der Waals surface area contributed by atoms with Crippen molar-refractivity contribution in [2.24, 2.45) is 0 Å². The summed E-state index contributed by atoms with van der Waals surface area (Å²) < 4.78 is 0. The number of nitriles is 1. The third-order valence-corrected chi connectivity index (χ3v) is 6.29. The fraction of sp³-hybridized carbons (Fsp3) is 0.429. The maximum Gasteiger partial charge on any atom is 0.282 e. The molecule has 5 heteroatoms. The summed E-state index contributed by atoms with van der Waals surface area (Å²) in [7, 11) is 0. The maximum atomic E-state index is 12.7. The number of carbonyl (C=O) groups excluding carboxylic acids is 1. The minimum Gasteiger partial charge on any atom is -0.330 e. The molecule has 0 bridgehead atoms. The third-order valence-electron chi connectivity index (χ3n) is 5.09. The van der Waals surface area contributed by atoms with Gasteiger partial charge >= 0.3 is 0 Å². The standard InChI is InChI=1S/C21H25N3OS/c1-14(16-9-5-3-6-10-16)23-15(2)20(25)24-21-18(13-22)17-11-7-4-8-12-19(17)26-21/h3,5-6,9-10,14-15,23H,4,7-8,11-12H2,1-2H3,(H,24,25)/p+1/t14-,15+/m1/s1. The first kappa shape index (κ1) is 18.6. The number of quaternary nitrogens is 1. The van der Waals surface area contributed by atoms with Gasteiger partial charge in [-0.3, -0.25) is 4.79 Å². The minimum absolute atomic E-state index is 0.0410. The van der Waals surface area contributed by atoms with Gasteiger partial charge in [-0.1, -0.05) is 36.8 Å².